The van der Waals surface area contributed by atoms with Gasteiger partial charge in [0, 0.05) is 59.7 Å². The van der Waals surface area contributed by atoms with Gasteiger partial charge in [-0.3, -0.25) is 14.8 Å². The highest BCUT2D eigenvalue weighted by molar-refractivity contribution is 7.18. The zero-order valence-electron chi connectivity index (χ0n) is 64.3. The number of aromatic amines is 1. The normalized spacial score (nSPS) is 11.4. The lowest BCUT2D eigenvalue weighted by atomic mass is 10.0. The van der Waals surface area contributed by atoms with Gasteiger partial charge >= 0.3 is 0 Å². The molecule has 0 fully saturated rings. The Morgan fingerprint density at radius 2 is 1.02 bits per heavy atom. The molecule has 8 aromatic heterocycles. The summed E-state index contributed by atoms with van der Waals surface area (Å²) in [7, 11) is 0. The van der Waals surface area contributed by atoms with Crippen LogP contribution in [0.4, 0.5) is 0 Å². The molecule has 94 heavy (non-hydrogen) atoms. The van der Waals surface area contributed by atoms with Crippen molar-refractivity contribution in [2.24, 2.45) is 0 Å². The number of fused-ring (bicyclic) bond motifs is 1. The first-order valence-corrected chi connectivity index (χ1v) is 35.6. The monoisotopic (exact) mass is 1310 g/mol. The van der Waals surface area contributed by atoms with Gasteiger partial charge in [-0.25, -0.2) is 14.6 Å². The van der Waals surface area contributed by atoms with E-state index >= 15 is 0 Å². The fraction of sp³-hybridized carbons (Fsp3) is 0.632. The van der Waals surface area contributed by atoms with Gasteiger partial charge < -0.3 is 4.52 Å². The Hall–Kier alpha value is -6.82. The summed E-state index contributed by atoms with van der Waals surface area (Å²) in [6.45, 7) is 68.5. The Morgan fingerprint density at radius 3 is 1.40 bits per heavy atom. The van der Waals surface area contributed by atoms with Gasteiger partial charge in [-0.1, -0.05) is 203 Å². The van der Waals surface area contributed by atoms with Gasteiger partial charge in [0.15, 0.2) is 5.82 Å². The molecule has 0 radical (unpaired) electrons. The molecule has 522 valence electrons. The summed E-state index contributed by atoms with van der Waals surface area (Å²) in [5, 5.41) is 41.3. The lowest BCUT2D eigenvalue weighted by Gasteiger charge is -2.08. The predicted octanol–water partition coefficient (Wildman–Crippen LogP) is 22.1. The largest absolute Gasteiger partial charge is 0.361 e. The Balaban J connectivity index is 0.000000367. The number of nitrogens with zero attached hydrogens (tertiary/aromatic N) is 15. The van der Waals surface area contributed by atoms with Crippen molar-refractivity contribution in [1.82, 2.24) is 80.3 Å². The minimum atomic E-state index is 0.363. The van der Waals surface area contributed by atoms with E-state index in [9.17, 15) is 0 Å². The zero-order valence-corrected chi connectivity index (χ0v) is 65.1. The lowest BCUT2D eigenvalue weighted by Crippen LogP contribution is -2.05. The maximum atomic E-state index is 5.14. The van der Waals surface area contributed by atoms with Crippen molar-refractivity contribution in [2.45, 2.75) is 317 Å². The van der Waals surface area contributed by atoms with Crippen LogP contribution in [-0.4, -0.2) is 80.3 Å². The predicted molar refractivity (Wildman–Crippen MR) is 395 cm³/mol. The first-order valence-electron chi connectivity index (χ1n) is 34.8. The van der Waals surface area contributed by atoms with Crippen LogP contribution in [0.1, 0.15) is 390 Å². The second-order valence-electron chi connectivity index (χ2n) is 29.2. The molecule has 1 N–H and O–H groups in total. The summed E-state index contributed by atoms with van der Waals surface area (Å²) < 4.78 is 10.3. The average molecular weight is 1310 g/mol. The van der Waals surface area contributed by atoms with Crippen molar-refractivity contribution < 1.29 is 4.52 Å². The van der Waals surface area contributed by atoms with E-state index in [0.717, 1.165) is 45.6 Å². The Labute approximate surface area is 572 Å². The molecule has 0 saturated heterocycles. The lowest BCUT2D eigenvalue weighted by molar-refractivity contribution is 0.363. The Kier molecular flexibility index (Phi) is 36.5. The molecule has 9 rings (SSSR count). The molecule has 0 aliphatic heterocycles. The molecule has 0 bridgehead atoms. The smallest absolute Gasteiger partial charge is 0.153 e. The molecule has 0 aliphatic carbocycles. The number of thiazole rings is 1. The molecule has 9 aromatic rings. The molecule has 0 amide bonds. The zero-order chi connectivity index (χ0) is 71.4. The van der Waals surface area contributed by atoms with Gasteiger partial charge in [0.1, 0.15) is 12.1 Å². The summed E-state index contributed by atoms with van der Waals surface area (Å²) in [4.78, 5) is 14.9. The van der Waals surface area contributed by atoms with Gasteiger partial charge in [0.05, 0.1) is 62.1 Å². The molecule has 0 aliphatic rings. The molecule has 18 heteroatoms. The van der Waals surface area contributed by atoms with Gasteiger partial charge in [0.25, 0.3) is 0 Å². The number of benzene rings is 1. The van der Waals surface area contributed by atoms with Crippen LogP contribution in [0.5, 0.6) is 0 Å². The van der Waals surface area contributed by atoms with Gasteiger partial charge in [-0.15, -0.1) is 16.4 Å². The third-order valence-electron chi connectivity index (χ3n) is 14.9. The molecule has 0 unspecified atom stereocenters. The molecule has 1 aromatic carbocycles. The second-order valence-corrected chi connectivity index (χ2v) is 30.2. The van der Waals surface area contributed by atoms with E-state index in [1.54, 1.807) is 11.1 Å². The summed E-state index contributed by atoms with van der Waals surface area (Å²) in [5.74, 6) is 8.52. The third kappa shape index (κ3) is 29.0. The summed E-state index contributed by atoms with van der Waals surface area (Å²) in [5.41, 5.74) is 13.1. The molecular formula is C76H126N16OS. The molecule has 17 nitrogen and oxygen atoms in total. The number of rotatable bonds is 16. The van der Waals surface area contributed by atoms with E-state index in [4.69, 9.17) is 4.52 Å². The Bertz CT molecular complexity index is 2940. The number of aromatic nitrogens is 16. The maximum Gasteiger partial charge on any atom is 0.153 e. The van der Waals surface area contributed by atoms with E-state index in [1.807, 2.05) is 51.6 Å². The number of hydrogen-bond acceptors (Lipinski definition) is 14. The third-order valence-corrected chi connectivity index (χ3v) is 16.4. The fourth-order valence-corrected chi connectivity index (χ4v) is 9.26. The molecular weight excluding hydrogens is 1190 g/mol. The van der Waals surface area contributed by atoms with Crippen LogP contribution in [0, 0.1) is 0 Å². The fourth-order valence-electron chi connectivity index (χ4n) is 8.03. The van der Waals surface area contributed by atoms with E-state index in [1.165, 1.54) is 37.8 Å². The minimum absolute atomic E-state index is 0.363. The van der Waals surface area contributed by atoms with E-state index in [2.05, 4.69) is 330 Å². The highest BCUT2D eigenvalue weighted by Gasteiger charge is 2.15. The van der Waals surface area contributed by atoms with Crippen LogP contribution in [-0.2, 0) is 0 Å². The first kappa shape index (κ1) is 83.3. The van der Waals surface area contributed by atoms with Gasteiger partial charge in [-0.2, -0.15) is 35.4 Å². The van der Waals surface area contributed by atoms with Gasteiger partial charge in [-0.05, 0) is 148 Å². The molecule has 0 atom stereocenters. The van der Waals surface area contributed by atoms with Crippen LogP contribution >= 0.6 is 11.3 Å². The number of nitrogens with one attached hydrogen (secondary N) is 1. The average Bonchev–Trinajstić information content (AvgIpc) is 1.65. The quantitative estimate of drug-likeness (QED) is 0.0959. The number of hydrogen-bond donors (Lipinski definition) is 1. The van der Waals surface area contributed by atoms with E-state index in [-0.39, 0.29) is 0 Å². The SMILES string of the molecule is CC(C)c1cc(C(C)C)[nH]n1.CC(C)c1cc(C(C)C)on1.CC(C)c1ccnc(C(C)C)c1.CC(C)c1cn(C(C)C)nn1.CC(C)c1cnn(C(C)C)n1.CC(C)c1cnnc(C(C)C)c1.CC(C)c1nc2cccc(C(C)C)c2s1.CC(C)c1ncn(C(C)C)n1. The van der Waals surface area contributed by atoms with Gasteiger partial charge in [0.2, 0.25) is 0 Å². The topological polar surface area (TPSA) is 198 Å². The highest BCUT2D eigenvalue weighted by atomic mass is 32.1. The summed E-state index contributed by atoms with van der Waals surface area (Å²) in [6, 6.07) is 18.3. The van der Waals surface area contributed by atoms with E-state index < -0.39 is 0 Å². The summed E-state index contributed by atoms with van der Waals surface area (Å²) >= 11 is 1.85. The second kappa shape index (κ2) is 41.2. The van der Waals surface area contributed by atoms with Crippen LogP contribution in [0.2, 0.25) is 0 Å². The minimum Gasteiger partial charge on any atom is -0.361 e. The van der Waals surface area contributed by atoms with Crippen molar-refractivity contribution in [3.63, 3.8) is 0 Å². The van der Waals surface area contributed by atoms with E-state index in [0.29, 0.717) is 95.1 Å². The van der Waals surface area contributed by atoms with Crippen molar-refractivity contribution in [1.29, 1.82) is 0 Å². The number of H-pyrrole nitrogens is 1. The van der Waals surface area contributed by atoms with Crippen LogP contribution < -0.4 is 0 Å². The number of pyridine rings is 1. The van der Waals surface area contributed by atoms with Crippen molar-refractivity contribution in [2.75, 3.05) is 0 Å². The molecule has 0 spiro atoms. The molecule has 8 heterocycles. The van der Waals surface area contributed by atoms with Crippen LogP contribution in [0.25, 0.3) is 10.2 Å². The highest BCUT2D eigenvalue weighted by Crippen LogP contribution is 2.33. The molecule has 0 saturated carbocycles. The van der Waals surface area contributed by atoms with Crippen molar-refractivity contribution >= 4 is 21.6 Å². The Morgan fingerprint density at radius 1 is 0.447 bits per heavy atom. The first-order chi connectivity index (χ1) is 43.9. The van der Waals surface area contributed by atoms with Crippen LogP contribution in [0.15, 0.2) is 84.2 Å². The maximum absolute atomic E-state index is 5.14. The van der Waals surface area contributed by atoms with Crippen molar-refractivity contribution in [3.8, 4) is 0 Å². The van der Waals surface area contributed by atoms with Crippen molar-refractivity contribution in [3.05, 3.63) is 153 Å². The standard InChI is InChI=1S/C13H17NS.C11H17N.C10H16N2.C9H16N2.C9H15NO.3C8H15N3/c1-8(2)10-6-5-7-11-12(10)15-13(14-11)9(3)4;1-8(2)10-5-6-12-11(7-10)9(3)4;1-7(2)9-5-10(8(3)4)12-11-6-9;2*1-6(2)8-5-9(7(3)4)11-10-8;1-6(2)8-9-5-11(10-8)7(3)4;1-6(2)8-5-11(7(3)4)10-9-8;1-6(2)8-5-9-11(10-8)7(3)4/h5-9H,1-4H3;5-9H,1-4H3;5-8H,1-4H3;5-7H,1-4H3,(H,10,11);4*5-7H,1-4H3. The summed E-state index contributed by atoms with van der Waals surface area (Å²) in [6.07, 6.45) is 9.39. The van der Waals surface area contributed by atoms with Crippen LogP contribution in [0.3, 0.4) is 0 Å².